The molecule has 2 heterocycles. The normalized spacial score (nSPS) is 23.9. The van der Waals surface area contributed by atoms with E-state index in [1.165, 1.54) is 13.3 Å². The summed E-state index contributed by atoms with van der Waals surface area (Å²) < 4.78 is 23.1. The Kier molecular flexibility index (Phi) is 5.12. The number of carbonyl (C=O) groups is 1. The van der Waals surface area contributed by atoms with Crippen LogP contribution in [-0.2, 0) is 0 Å². The lowest BCUT2D eigenvalue weighted by Crippen LogP contribution is -2.54. The monoisotopic (exact) mass is 432 g/mol. The van der Waals surface area contributed by atoms with E-state index >= 15 is 4.39 Å². The van der Waals surface area contributed by atoms with Gasteiger partial charge in [-0.1, -0.05) is 13.8 Å². The number of nitrogens with zero attached hydrogens (tertiary/aromatic N) is 2. The lowest BCUT2D eigenvalue weighted by atomic mass is 9.75. The molecule has 8 nitrogen and oxygen atoms in total. The van der Waals surface area contributed by atoms with Gasteiger partial charge in [-0.15, -0.1) is 0 Å². The van der Waals surface area contributed by atoms with Gasteiger partial charge in [-0.25, -0.2) is 9.18 Å². The SMILES string of the molecule is CCC1(C)CN(c2c(F)c(N)c3c(=O)c(C(=O)O)cn(C4CC4)c3c2OC)CCC1N. The zero-order valence-electron chi connectivity index (χ0n) is 18.1. The molecule has 9 heteroatoms. The number of nitrogens with two attached hydrogens (primary N) is 2. The molecule has 0 radical (unpaired) electrons. The smallest absolute Gasteiger partial charge is 0.341 e. The molecule has 1 aromatic heterocycles. The van der Waals surface area contributed by atoms with Gasteiger partial charge in [0.25, 0.3) is 0 Å². The topological polar surface area (TPSA) is 124 Å². The molecule has 2 atom stereocenters. The zero-order chi connectivity index (χ0) is 22.7. The summed E-state index contributed by atoms with van der Waals surface area (Å²) >= 11 is 0. The highest BCUT2D eigenvalue weighted by atomic mass is 19.1. The Hall–Kier alpha value is -2.81. The van der Waals surface area contributed by atoms with Crippen LogP contribution in [0.1, 0.15) is 55.9 Å². The van der Waals surface area contributed by atoms with Crippen LogP contribution in [0.5, 0.6) is 5.75 Å². The van der Waals surface area contributed by atoms with Gasteiger partial charge in [0.15, 0.2) is 11.6 Å². The fraction of sp³-hybridized carbons (Fsp3) is 0.545. The maximum Gasteiger partial charge on any atom is 0.341 e. The first-order valence-electron chi connectivity index (χ1n) is 10.6. The van der Waals surface area contributed by atoms with Crippen molar-refractivity contribution in [2.45, 2.75) is 51.6 Å². The summed E-state index contributed by atoms with van der Waals surface area (Å²) in [5.74, 6) is -1.93. The van der Waals surface area contributed by atoms with Crippen LogP contribution >= 0.6 is 0 Å². The van der Waals surface area contributed by atoms with Gasteiger partial charge in [-0.2, -0.15) is 0 Å². The third-order valence-electron chi connectivity index (χ3n) is 7.03. The van der Waals surface area contributed by atoms with E-state index < -0.39 is 22.8 Å². The number of rotatable bonds is 5. The van der Waals surface area contributed by atoms with E-state index in [4.69, 9.17) is 16.2 Å². The van der Waals surface area contributed by atoms with Crippen molar-refractivity contribution in [3.8, 4) is 5.75 Å². The largest absolute Gasteiger partial charge is 0.492 e. The van der Waals surface area contributed by atoms with Gasteiger partial charge in [0.05, 0.1) is 23.7 Å². The summed E-state index contributed by atoms with van der Waals surface area (Å²) in [7, 11) is 1.43. The number of carboxylic acid groups (broad SMARTS) is 1. The molecule has 1 aliphatic carbocycles. The first-order valence-corrected chi connectivity index (χ1v) is 10.6. The number of benzene rings is 1. The van der Waals surface area contributed by atoms with Crippen LogP contribution in [0.4, 0.5) is 15.8 Å². The number of halogens is 1. The van der Waals surface area contributed by atoms with E-state index in [0.717, 1.165) is 19.3 Å². The molecule has 1 saturated carbocycles. The second-order valence-corrected chi connectivity index (χ2v) is 8.97. The minimum atomic E-state index is -1.37. The van der Waals surface area contributed by atoms with Crippen LogP contribution in [0.15, 0.2) is 11.0 Å². The van der Waals surface area contributed by atoms with Gasteiger partial charge in [0.1, 0.15) is 11.3 Å². The fourth-order valence-corrected chi connectivity index (χ4v) is 4.67. The van der Waals surface area contributed by atoms with Crippen LogP contribution in [0, 0.1) is 11.2 Å². The van der Waals surface area contributed by atoms with Gasteiger partial charge >= 0.3 is 5.97 Å². The van der Waals surface area contributed by atoms with Gasteiger partial charge in [0, 0.05) is 31.4 Å². The lowest BCUT2D eigenvalue weighted by molar-refractivity contribution is 0.0695. The molecule has 1 saturated heterocycles. The number of methoxy groups -OCH3 is 1. The molecule has 0 bridgehead atoms. The number of anilines is 2. The number of pyridine rings is 1. The first kappa shape index (κ1) is 21.4. The summed E-state index contributed by atoms with van der Waals surface area (Å²) in [5, 5.41) is 9.37. The first-order chi connectivity index (χ1) is 14.6. The van der Waals surface area contributed by atoms with E-state index in [1.807, 2.05) is 4.90 Å². The zero-order valence-corrected chi connectivity index (χ0v) is 18.1. The third-order valence-corrected chi connectivity index (χ3v) is 7.03. The Morgan fingerprint density at radius 1 is 1.39 bits per heavy atom. The summed E-state index contributed by atoms with van der Waals surface area (Å²) in [5.41, 5.74) is 11.3. The quantitative estimate of drug-likeness (QED) is 0.621. The molecule has 0 amide bonds. The van der Waals surface area contributed by atoms with Crippen molar-refractivity contribution in [2.75, 3.05) is 30.8 Å². The van der Waals surface area contributed by atoms with Crippen molar-refractivity contribution in [2.24, 2.45) is 11.1 Å². The summed E-state index contributed by atoms with van der Waals surface area (Å²) in [4.78, 5) is 26.5. The van der Waals surface area contributed by atoms with Gasteiger partial charge in [0.2, 0.25) is 5.43 Å². The van der Waals surface area contributed by atoms with E-state index in [-0.39, 0.29) is 40.0 Å². The van der Waals surface area contributed by atoms with Crippen molar-refractivity contribution >= 4 is 28.2 Å². The predicted molar refractivity (Wildman–Crippen MR) is 118 cm³/mol. The average Bonchev–Trinajstić information content (AvgIpc) is 3.57. The molecular formula is C22H29FN4O4. The number of aromatic nitrogens is 1. The molecule has 1 aromatic carbocycles. The number of fused-ring (bicyclic) bond motifs is 1. The molecule has 2 aliphatic rings. The van der Waals surface area contributed by atoms with Crippen LogP contribution < -0.4 is 26.5 Å². The van der Waals surface area contributed by atoms with Crippen LogP contribution in [0.3, 0.4) is 0 Å². The van der Waals surface area contributed by atoms with Gasteiger partial charge in [-0.3, -0.25) is 4.79 Å². The summed E-state index contributed by atoms with van der Waals surface area (Å²) in [6, 6.07) is 0.00637. The number of carboxylic acids is 1. The molecule has 0 spiro atoms. The van der Waals surface area contributed by atoms with Crippen molar-refractivity contribution in [3.05, 3.63) is 27.8 Å². The Morgan fingerprint density at radius 3 is 2.61 bits per heavy atom. The predicted octanol–water partition coefficient (Wildman–Crippen LogP) is 2.72. The van der Waals surface area contributed by atoms with Crippen molar-refractivity contribution < 1.29 is 19.0 Å². The third kappa shape index (κ3) is 3.22. The molecular weight excluding hydrogens is 403 g/mol. The fourth-order valence-electron chi connectivity index (χ4n) is 4.67. The molecule has 31 heavy (non-hydrogen) atoms. The van der Waals surface area contributed by atoms with Crippen LogP contribution in [0.2, 0.25) is 0 Å². The number of piperidine rings is 1. The van der Waals surface area contributed by atoms with Crippen LogP contribution in [-0.4, -0.2) is 41.9 Å². The highest BCUT2D eigenvalue weighted by Crippen LogP contribution is 2.47. The van der Waals surface area contributed by atoms with E-state index in [2.05, 4.69) is 13.8 Å². The Balaban J connectivity index is 2.04. The van der Waals surface area contributed by atoms with Gasteiger partial charge in [-0.05, 0) is 31.1 Å². The van der Waals surface area contributed by atoms with Crippen LogP contribution in [0.25, 0.3) is 10.9 Å². The standard InChI is InChI=1S/C22H29FN4O4/c1-4-22(2)10-26(8-7-13(22)24)18-15(23)16(25)14-17(20(18)31-3)27(11-5-6-11)9-12(19(14)28)21(29)30/h9,11,13H,4-8,10,24-25H2,1-3H3,(H,29,30). The molecule has 2 aromatic rings. The maximum atomic E-state index is 15.7. The molecule has 1 aliphatic heterocycles. The Morgan fingerprint density at radius 2 is 2.06 bits per heavy atom. The van der Waals surface area contributed by atoms with E-state index in [1.54, 1.807) is 4.57 Å². The molecule has 2 fully saturated rings. The lowest BCUT2D eigenvalue weighted by Gasteiger charge is -2.46. The van der Waals surface area contributed by atoms with Crippen molar-refractivity contribution in [1.82, 2.24) is 4.57 Å². The second kappa shape index (κ2) is 7.40. The maximum absolute atomic E-state index is 15.7. The molecule has 2 unspecified atom stereocenters. The number of nitrogen functional groups attached to an aromatic ring is 1. The average molecular weight is 432 g/mol. The summed E-state index contributed by atoms with van der Waals surface area (Å²) in [6.07, 6.45) is 4.50. The second-order valence-electron chi connectivity index (χ2n) is 8.97. The van der Waals surface area contributed by atoms with Crippen molar-refractivity contribution in [3.63, 3.8) is 0 Å². The Bertz CT molecular complexity index is 1130. The molecule has 5 N–H and O–H groups in total. The number of aromatic carboxylic acids is 1. The van der Waals surface area contributed by atoms with E-state index in [0.29, 0.717) is 25.0 Å². The highest BCUT2D eigenvalue weighted by molar-refractivity contribution is 6.03. The number of hydrogen-bond donors (Lipinski definition) is 3. The number of ether oxygens (including phenoxy) is 1. The minimum Gasteiger partial charge on any atom is -0.492 e. The number of hydrogen-bond acceptors (Lipinski definition) is 6. The highest BCUT2D eigenvalue weighted by Gasteiger charge is 2.39. The van der Waals surface area contributed by atoms with E-state index in [9.17, 15) is 14.7 Å². The van der Waals surface area contributed by atoms with Gasteiger partial charge < -0.3 is 30.8 Å². The summed E-state index contributed by atoms with van der Waals surface area (Å²) in [6.45, 7) is 5.18. The molecule has 4 rings (SSSR count). The van der Waals surface area contributed by atoms with Crippen molar-refractivity contribution in [1.29, 1.82) is 0 Å². The molecule has 168 valence electrons. The minimum absolute atomic E-state index is 0.0108. The Labute approximate surface area is 179 Å².